The predicted octanol–water partition coefficient (Wildman–Crippen LogP) is 5.16. The maximum absolute atomic E-state index is 13.0. The number of aromatic carboxylic acids is 1. The predicted molar refractivity (Wildman–Crippen MR) is 135 cm³/mol. The van der Waals surface area contributed by atoms with E-state index in [-0.39, 0.29) is 17.7 Å². The fourth-order valence-electron chi connectivity index (χ4n) is 3.34. The fourth-order valence-corrected chi connectivity index (χ4v) is 4.79. The Labute approximate surface area is 216 Å². The first kappa shape index (κ1) is 24.4. The van der Waals surface area contributed by atoms with Crippen LogP contribution in [0.5, 0.6) is 5.75 Å². The van der Waals surface area contributed by atoms with E-state index in [1.54, 1.807) is 54.6 Å². The summed E-state index contributed by atoms with van der Waals surface area (Å²) in [4.78, 5) is 49.6. The summed E-state index contributed by atoms with van der Waals surface area (Å²) in [6, 6.07) is 17.2. The van der Waals surface area contributed by atoms with Crippen molar-refractivity contribution in [3.05, 3.63) is 97.9 Å². The van der Waals surface area contributed by atoms with Crippen molar-refractivity contribution in [3.63, 3.8) is 0 Å². The molecule has 3 aromatic carbocycles. The van der Waals surface area contributed by atoms with Crippen LogP contribution in [0, 0.1) is 0 Å². The Morgan fingerprint density at radius 3 is 2.20 bits per heavy atom. The molecule has 0 saturated carbocycles. The highest BCUT2D eigenvalue weighted by Gasteiger charge is 2.36. The Bertz CT molecular complexity index is 1350. The monoisotopic (exact) mass is 598 g/mol. The van der Waals surface area contributed by atoms with E-state index >= 15 is 0 Å². The minimum Gasteiger partial charge on any atom is -0.487 e. The van der Waals surface area contributed by atoms with E-state index in [0.717, 1.165) is 10.5 Å². The minimum absolute atomic E-state index is 0.183. The van der Waals surface area contributed by atoms with Crippen LogP contribution in [-0.4, -0.2) is 28.9 Å². The molecule has 4 rings (SSSR count). The van der Waals surface area contributed by atoms with Crippen LogP contribution < -0.4 is 15.0 Å². The van der Waals surface area contributed by atoms with Crippen LogP contribution in [0.4, 0.5) is 10.5 Å². The summed E-state index contributed by atoms with van der Waals surface area (Å²) >= 11 is 6.89. The summed E-state index contributed by atoms with van der Waals surface area (Å²) in [5.74, 6) is -2.05. The average Bonchev–Trinajstić information content (AvgIpc) is 2.82. The summed E-state index contributed by atoms with van der Waals surface area (Å²) in [6.07, 6.45) is 1.39. The number of nitrogens with zero attached hydrogens (tertiary/aromatic N) is 1. The molecule has 0 aromatic heterocycles. The Balaban J connectivity index is 1.56. The minimum atomic E-state index is -1.01. The van der Waals surface area contributed by atoms with Gasteiger partial charge in [-0.25, -0.2) is 14.5 Å². The second-order valence-corrected chi connectivity index (χ2v) is 9.11. The Kier molecular flexibility index (Phi) is 7.13. The van der Waals surface area contributed by atoms with Gasteiger partial charge >= 0.3 is 12.0 Å². The number of barbiturate groups is 1. The third-order valence-corrected chi connectivity index (χ3v) is 6.21. The van der Waals surface area contributed by atoms with Gasteiger partial charge in [-0.15, -0.1) is 0 Å². The number of benzene rings is 3. The van der Waals surface area contributed by atoms with E-state index in [0.29, 0.717) is 25.9 Å². The van der Waals surface area contributed by atoms with Gasteiger partial charge in [0, 0.05) is 0 Å². The number of carboxylic acid groups (broad SMARTS) is 1. The number of ether oxygens (including phenoxy) is 1. The van der Waals surface area contributed by atoms with Crippen molar-refractivity contribution in [1.29, 1.82) is 0 Å². The van der Waals surface area contributed by atoms with Crippen LogP contribution in [-0.2, 0) is 16.2 Å². The van der Waals surface area contributed by atoms with E-state index in [9.17, 15) is 19.2 Å². The lowest BCUT2D eigenvalue weighted by Crippen LogP contribution is -2.54. The van der Waals surface area contributed by atoms with Gasteiger partial charge in [0.05, 0.1) is 20.2 Å². The number of nitrogens with one attached hydrogen (secondary N) is 1. The second kappa shape index (κ2) is 10.2. The summed E-state index contributed by atoms with van der Waals surface area (Å²) in [5, 5.41) is 11.2. The molecule has 0 unspecified atom stereocenters. The van der Waals surface area contributed by atoms with Crippen molar-refractivity contribution in [3.8, 4) is 5.75 Å². The molecule has 0 spiro atoms. The van der Waals surface area contributed by atoms with Gasteiger partial charge in [-0.2, -0.15) is 0 Å². The van der Waals surface area contributed by atoms with Crippen molar-refractivity contribution in [2.45, 2.75) is 6.61 Å². The molecule has 0 aliphatic carbocycles. The molecule has 0 radical (unpaired) electrons. The van der Waals surface area contributed by atoms with Gasteiger partial charge in [-0.05, 0) is 85.5 Å². The molecule has 176 valence electrons. The zero-order valence-corrected chi connectivity index (χ0v) is 21.0. The number of urea groups is 1. The molecule has 1 aliphatic heterocycles. The van der Waals surface area contributed by atoms with Crippen LogP contribution in [0.1, 0.15) is 21.5 Å². The second-order valence-electron chi connectivity index (χ2n) is 7.40. The zero-order chi connectivity index (χ0) is 25.1. The third kappa shape index (κ3) is 5.33. The molecule has 4 amide bonds. The van der Waals surface area contributed by atoms with Gasteiger partial charge in [0.25, 0.3) is 11.8 Å². The summed E-state index contributed by atoms with van der Waals surface area (Å²) in [7, 11) is 0. The summed E-state index contributed by atoms with van der Waals surface area (Å²) in [5.41, 5.74) is 1.62. The number of amides is 4. The number of imide groups is 2. The molecule has 2 N–H and O–H groups in total. The topological polar surface area (TPSA) is 113 Å². The first-order valence-electron chi connectivity index (χ1n) is 10.1. The van der Waals surface area contributed by atoms with Gasteiger partial charge in [0.1, 0.15) is 17.9 Å². The standard InChI is InChI=1S/C25H16Br2N2O6/c26-19-11-15(12-20(27)21(19)35-13-14-6-8-16(9-7-14)24(32)33)10-18-22(30)28-25(34)29(23(18)31)17-4-2-1-3-5-17/h1-12H,13H2,(H,32,33)(H,28,30,34). The maximum Gasteiger partial charge on any atom is 0.335 e. The molecule has 8 nitrogen and oxygen atoms in total. The number of carboxylic acids is 1. The number of carbonyl (C=O) groups is 4. The number of rotatable bonds is 6. The van der Waals surface area contributed by atoms with Gasteiger partial charge in [-0.3, -0.25) is 14.9 Å². The fraction of sp³-hybridized carbons (Fsp3) is 0.0400. The van der Waals surface area contributed by atoms with Crippen LogP contribution in [0.2, 0.25) is 0 Å². The van der Waals surface area contributed by atoms with Gasteiger partial charge in [0.15, 0.2) is 0 Å². The average molecular weight is 600 g/mol. The normalized spacial score (nSPS) is 14.7. The van der Waals surface area contributed by atoms with E-state index in [1.165, 1.54) is 18.2 Å². The number of para-hydroxylation sites is 1. The lowest BCUT2D eigenvalue weighted by molar-refractivity contribution is -0.122. The van der Waals surface area contributed by atoms with Crippen molar-refractivity contribution < 1.29 is 29.0 Å². The number of anilines is 1. The van der Waals surface area contributed by atoms with Crippen molar-refractivity contribution in [2.24, 2.45) is 0 Å². The first-order chi connectivity index (χ1) is 16.7. The number of carbonyl (C=O) groups excluding carboxylic acids is 3. The highest BCUT2D eigenvalue weighted by molar-refractivity contribution is 9.11. The summed E-state index contributed by atoms with van der Waals surface area (Å²) < 4.78 is 6.98. The maximum atomic E-state index is 13.0. The Morgan fingerprint density at radius 1 is 0.971 bits per heavy atom. The van der Waals surface area contributed by atoms with Crippen LogP contribution in [0.3, 0.4) is 0 Å². The highest BCUT2D eigenvalue weighted by Crippen LogP contribution is 2.36. The molecule has 3 aromatic rings. The molecular formula is C25H16Br2N2O6. The highest BCUT2D eigenvalue weighted by atomic mass is 79.9. The molecule has 1 fully saturated rings. The molecule has 10 heteroatoms. The molecular weight excluding hydrogens is 584 g/mol. The molecule has 1 saturated heterocycles. The Hall–Kier alpha value is -3.76. The van der Waals surface area contributed by atoms with Gasteiger partial charge < -0.3 is 9.84 Å². The first-order valence-corrected chi connectivity index (χ1v) is 11.7. The molecule has 0 atom stereocenters. The number of halogens is 2. The molecule has 1 heterocycles. The van der Waals surface area contributed by atoms with Crippen LogP contribution >= 0.6 is 31.9 Å². The van der Waals surface area contributed by atoms with Crippen molar-refractivity contribution >= 4 is 67.4 Å². The van der Waals surface area contributed by atoms with E-state index < -0.39 is 23.8 Å². The van der Waals surface area contributed by atoms with E-state index in [4.69, 9.17) is 9.84 Å². The number of hydrogen-bond donors (Lipinski definition) is 2. The smallest absolute Gasteiger partial charge is 0.335 e. The SMILES string of the molecule is O=C1NC(=O)N(c2ccccc2)C(=O)C1=Cc1cc(Br)c(OCc2ccc(C(=O)O)cc2)c(Br)c1. The Morgan fingerprint density at radius 2 is 1.60 bits per heavy atom. The molecule has 0 bridgehead atoms. The van der Waals surface area contributed by atoms with Crippen molar-refractivity contribution in [1.82, 2.24) is 5.32 Å². The third-order valence-electron chi connectivity index (χ3n) is 5.03. The van der Waals surface area contributed by atoms with E-state index in [1.807, 2.05) is 0 Å². The summed E-state index contributed by atoms with van der Waals surface area (Å²) in [6.45, 7) is 0.187. The molecule has 1 aliphatic rings. The lowest BCUT2D eigenvalue weighted by atomic mass is 10.1. The van der Waals surface area contributed by atoms with Crippen LogP contribution in [0.15, 0.2) is 81.2 Å². The zero-order valence-electron chi connectivity index (χ0n) is 17.8. The quantitative estimate of drug-likeness (QED) is 0.299. The molecule has 35 heavy (non-hydrogen) atoms. The lowest BCUT2D eigenvalue weighted by Gasteiger charge is -2.26. The van der Waals surface area contributed by atoms with Gasteiger partial charge in [-0.1, -0.05) is 30.3 Å². The van der Waals surface area contributed by atoms with E-state index in [2.05, 4.69) is 37.2 Å². The van der Waals surface area contributed by atoms with Crippen molar-refractivity contribution in [2.75, 3.05) is 4.90 Å². The van der Waals surface area contributed by atoms with Crippen LogP contribution in [0.25, 0.3) is 6.08 Å². The van der Waals surface area contributed by atoms with Gasteiger partial charge in [0.2, 0.25) is 0 Å². The number of hydrogen-bond acceptors (Lipinski definition) is 5. The largest absolute Gasteiger partial charge is 0.487 e.